The topological polar surface area (TPSA) is 51.6 Å². The van der Waals surface area contributed by atoms with Gasteiger partial charge in [0.25, 0.3) is 0 Å². The van der Waals surface area contributed by atoms with Gasteiger partial charge in [0.1, 0.15) is 0 Å². The highest BCUT2D eigenvalue weighted by molar-refractivity contribution is 5.84. The lowest BCUT2D eigenvalue weighted by Crippen LogP contribution is -2.05. The van der Waals surface area contributed by atoms with Crippen molar-refractivity contribution in [2.24, 2.45) is 0 Å². The van der Waals surface area contributed by atoms with Crippen LogP contribution in [-0.2, 0) is 12.8 Å². The van der Waals surface area contributed by atoms with E-state index in [1.807, 2.05) is 12.1 Å². The first-order chi connectivity index (χ1) is 11.9. The summed E-state index contributed by atoms with van der Waals surface area (Å²) in [6.07, 6.45) is 8.00. The smallest absolute Gasteiger partial charge is 0.159 e. The fourth-order valence-corrected chi connectivity index (χ4v) is 3.52. The molecule has 0 saturated carbocycles. The Hall–Kier alpha value is -2.88. The number of hydrogen-bond acceptors (Lipinski definition) is 4. The Kier molecular flexibility index (Phi) is 3.01. The molecule has 5 rings (SSSR count). The van der Waals surface area contributed by atoms with E-state index in [1.54, 1.807) is 12.4 Å². The van der Waals surface area contributed by atoms with Crippen LogP contribution in [-0.4, -0.2) is 19.9 Å². The molecule has 0 radical (unpaired) electrons. The van der Waals surface area contributed by atoms with Crippen LogP contribution in [0.5, 0.6) is 0 Å². The minimum atomic E-state index is 0.783. The molecule has 0 saturated heterocycles. The highest BCUT2D eigenvalue weighted by Gasteiger charge is 2.18. The van der Waals surface area contributed by atoms with E-state index < -0.39 is 0 Å². The van der Waals surface area contributed by atoms with Gasteiger partial charge in [-0.3, -0.25) is 0 Å². The molecule has 1 aliphatic rings. The molecule has 4 nitrogen and oxygen atoms in total. The maximum atomic E-state index is 4.86. The van der Waals surface area contributed by atoms with Crippen LogP contribution in [0.3, 0.4) is 0 Å². The maximum absolute atomic E-state index is 4.86. The minimum Gasteiger partial charge on any atom is -0.237 e. The van der Waals surface area contributed by atoms with E-state index in [1.165, 1.54) is 24.0 Å². The minimum absolute atomic E-state index is 0.783. The van der Waals surface area contributed by atoms with Crippen molar-refractivity contribution in [1.82, 2.24) is 19.9 Å². The summed E-state index contributed by atoms with van der Waals surface area (Å²) in [5.41, 5.74) is 6.04. The molecular formula is C20H16N4. The van der Waals surface area contributed by atoms with Crippen LogP contribution in [0.25, 0.3) is 33.5 Å². The van der Waals surface area contributed by atoms with Crippen molar-refractivity contribution < 1.29 is 0 Å². The van der Waals surface area contributed by atoms with Crippen LogP contribution in [0, 0.1) is 0 Å². The number of aromatic nitrogens is 4. The highest BCUT2D eigenvalue weighted by Crippen LogP contribution is 2.32. The van der Waals surface area contributed by atoms with Crippen molar-refractivity contribution >= 4 is 22.1 Å². The number of fused-ring (bicyclic) bond motifs is 5. The first-order valence-electron chi connectivity index (χ1n) is 8.38. The van der Waals surface area contributed by atoms with Crippen molar-refractivity contribution in [3.8, 4) is 11.4 Å². The maximum Gasteiger partial charge on any atom is 0.159 e. The van der Waals surface area contributed by atoms with Gasteiger partial charge in [-0.15, -0.1) is 0 Å². The molecule has 0 bridgehead atoms. The van der Waals surface area contributed by atoms with Crippen LogP contribution in [0.4, 0.5) is 0 Å². The molecule has 4 aromatic heterocycles. The Morgan fingerprint density at radius 1 is 0.667 bits per heavy atom. The van der Waals surface area contributed by atoms with Gasteiger partial charge >= 0.3 is 0 Å². The summed E-state index contributed by atoms with van der Waals surface area (Å²) < 4.78 is 0. The van der Waals surface area contributed by atoms with Gasteiger partial charge in [-0.1, -0.05) is 0 Å². The molecule has 0 amide bonds. The van der Waals surface area contributed by atoms with Crippen molar-refractivity contribution in [3.63, 3.8) is 0 Å². The van der Waals surface area contributed by atoms with Gasteiger partial charge in [0.15, 0.2) is 11.3 Å². The van der Waals surface area contributed by atoms with Crippen molar-refractivity contribution in [2.45, 2.75) is 25.7 Å². The van der Waals surface area contributed by atoms with Crippen molar-refractivity contribution in [2.75, 3.05) is 0 Å². The van der Waals surface area contributed by atoms with Gasteiger partial charge in [-0.05, 0) is 73.2 Å². The Balaban J connectivity index is 1.84. The summed E-state index contributed by atoms with van der Waals surface area (Å²) in [4.78, 5) is 18.6. The van der Waals surface area contributed by atoms with E-state index in [0.29, 0.717) is 0 Å². The quantitative estimate of drug-likeness (QED) is 0.490. The molecule has 4 heterocycles. The molecule has 0 N–H and O–H groups in total. The third-order valence-electron chi connectivity index (χ3n) is 4.70. The summed E-state index contributed by atoms with van der Waals surface area (Å²) in [5.74, 6) is 0. The van der Waals surface area contributed by atoms with Crippen LogP contribution >= 0.6 is 0 Å². The number of hydrogen-bond donors (Lipinski definition) is 0. The van der Waals surface area contributed by atoms with E-state index in [0.717, 1.165) is 46.3 Å². The van der Waals surface area contributed by atoms with Gasteiger partial charge in [-0.2, -0.15) is 0 Å². The predicted octanol–water partition coefficient (Wildman–Crippen LogP) is 4.12. The normalized spacial score (nSPS) is 14.0. The molecule has 4 aromatic rings. The van der Waals surface area contributed by atoms with Crippen LogP contribution in [0.2, 0.25) is 0 Å². The molecule has 4 heteroatoms. The van der Waals surface area contributed by atoms with E-state index in [4.69, 9.17) is 9.97 Å². The summed E-state index contributed by atoms with van der Waals surface area (Å²) >= 11 is 0. The third-order valence-corrected chi connectivity index (χ3v) is 4.70. The van der Waals surface area contributed by atoms with Gasteiger partial charge in [0, 0.05) is 23.2 Å². The standard InChI is InChI=1S/C20H16N4/c1-2-6-14-12-16-8-4-10-22-20(16)24-18(14)17-13(5-1)11-15-7-3-9-21-19(15)23-17/h3-4,7-12H,1-2,5-6H2. The Bertz CT molecular complexity index is 984. The SMILES string of the molecule is c1cnc2nc3c(cc2c1)CCCCc1cc2cccnc2nc1-3. The van der Waals surface area contributed by atoms with Crippen molar-refractivity contribution in [1.29, 1.82) is 0 Å². The summed E-state index contributed by atoms with van der Waals surface area (Å²) in [7, 11) is 0. The van der Waals surface area contributed by atoms with E-state index in [2.05, 4.69) is 34.2 Å². The zero-order valence-corrected chi connectivity index (χ0v) is 13.2. The van der Waals surface area contributed by atoms with Gasteiger partial charge in [0.2, 0.25) is 0 Å². The number of pyridine rings is 4. The second-order valence-corrected chi connectivity index (χ2v) is 6.30. The molecule has 116 valence electrons. The number of nitrogens with zero attached hydrogens (tertiary/aromatic N) is 4. The van der Waals surface area contributed by atoms with Crippen LogP contribution < -0.4 is 0 Å². The molecule has 24 heavy (non-hydrogen) atoms. The first-order valence-corrected chi connectivity index (χ1v) is 8.38. The molecule has 0 atom stereocenters. The fourth-order valence-electron chi connectivity index (χ4n) is 3.52. The Morgan fingerprint density at radius 2 is 1.17 bits per heavy atom. The van der Waals surface area contributed by atoms with Gasteiger partial charge in [-0.25, -0.2) is 19.9 Å². The molecule has 0 spiro atoms. The highest BCUT2D eigenvalue weighted by atomic mass is 14.9. The lowest BCUT2D eigenvalue weighted by atomic mass is 9.93. The van der Waals surface area contributed by atoms with Crippen LogP contribution in [0.1, 0.15) is 24.0 Å². The lowest BCUT2D eigenvalue weighted by Gasteiger charge is -2.17. The monoisotopic (exact) mass is 312 g/mol. The van der Waals surface area contributed by atoms with E-state index >= 15 is 0 Å². The van der Waals surface area contributed by atoms with Gasteiger partial charge in [0.05, 0.1) is 11.4 Å². The molecular weight excluding hydrogens is 296 g/mol. The molecule has 1 aliphatic carbocycles. The fraction of sp³-hybridized carbons (Fsp3) is 0.200. The average Bonchev–Trinajstić information content (AvgIpc) is 2.62. The number of aryl methyl sites for hydroxylation is 2. The third kappa shape index (κ3) is 2.14. The van der Waals surface area contributed by atoms with E-state index in [9.17, 15) is 0 Å². The summed E-state index contributed by atoms with van der Waals surface area (Å²) in [6.45, 7) is 0. The van der Waals surface area contributed by atoms with Gasteiger partial charge < -0.3 is 0 Å². The largest absolute Gasteiger partial charge is 0.237 e. The number of rotatable bonds is 0. The lowest BCUT2D eigenvalue weighted by molar-refractivity contribution is 0.725. The first kappa shape index (κ1) is 13.5. The average molecular weight is 312 g/mol. The van der Waals surface area contributed by atoms with Crippen LogP contribution in [0.15, 0.2) is 48.8 Å². The summed E-state index contributed by atoms with van der Waals surface area (Å²) in [6, 6.07) is 12.5. The second-order valence-electron chi connectivity index (χ2n) is 6.30. The zero-order valence-electron chi connectivity index (χ0n) is 13.2. The van der Waals surface area contributed by atoms with E-state index in [-0.39, 0.29) is 0 Å². The molecule has 0 aromatic carbocycles. The molecule has 0 unspecified atom stereocenters. The molecule has 0 fully saturated rings. The second kappa shape index (κ2) is 5.34. The predicted molar refractivity (Wildman–Crippen MR) is 94.7 cm³/mol. The zero-order chi connectivity index (χ0) is 15.9. The summed E-state index contributed by atoms with van der Waals surface area (Å²) in [5, 5.41) is 2.19. The molecule has 0 aliphatic heterocycles. The van der Waals surface area contributed by atoms with Crippen molar-refractivity contribution in [3.05, 3.63) is 59.9 Å². The Morgan fingerprint density at radius 3 is 1.67 bits per heavy atom. The Labute approximate surface area is 139 Å².